The summed E-state index contributed by atoms with van der Waals surface area (Å²) in [6.07, 6.45) is -3.08. The quantitative estimate of drug-likeness (QED) is 0.675. The highest BCUT2D eigenvalue weighted by atomic mass is 19.4. The lowest BCUT2D eigenvalue weighted by molar-refractivity contribution is -0.173. The molecule has 0 aromatic carbocycles. The molecule has 1 aliphatic carbocycles. The second-order valence-electron chi connectivity index (χ2n) is 3.44. The molecule has 0 saturated heterocycles. The first kappa shape index (κ1) is 10.8. The smallest absolute Gasteiger partial charge is 0.371 e. The van der Waals surface area contributed by atoms with Crippen molar-refractivity contribution in [3.05, 3.63) is 0 Å². The van der Waals surface area contributed by atoms with Crippen LogP contribution in [0.5, 0.6) is 0 Å². The van der Waals surface area contributed by atoms with E-state index in [-0.39, 0.29) is 6.61 Å². The molecule has 2 unspecified atom stereocenters. The fourth-order valence-electron chi connectivity index (χ4n) is 1.11. The monoisotopic (exact) mass is 197 g/mol. The van der Waals surface area contributed by atoms with E-state index >= 15 is 0 Å². The third kappa shape index (κ3) is 5.10. The summed E-state index contributed by atoms with van der Waals surface area (Å²) in [4.78, 5) is 0. The van der Waals surface area contributed by atoms with Crippen molar-refractivity contribution in [1.82, 2.24) is 5.32 Å². The van der Waals surface area contributed by atoms with Crippen molar-refractivity contribution >= 4 is 0 Å². The van der Waals surface area contributed by atoms with E-state index in [1.54, 1.807) is 0 Å². The number of nitrogens with one attached hydrogen (secondary N) is 1. The van der Waals surface area contributed by atoms with Crippen LogP contribution >= 0.6 is 0 Å². The van der Waals surface area contributed by atoms with Crippen LogP contribution in [0.2, 0.25) is 0 Å². The van der Waals surface area contributed by atoms with Crippen molar-refractivity contribution < 1.29 is 17.9 Å². The van der Waals surface area contributed by atoms with Crippen molar-refractivity contribution in [2.24, 2.45) is 5.92 Å². The van der Waals surface area contributed by atoms with Crippen molar-refractivity contribution in [1.29, 1.82) is 0 Å². The third-order valence-corrected chi connectivity index (χ3v) is 2.03. The van der Waals surface area contributed by atoms with Gasteiger partial charge in [0.25, 0.3) is 0 Å². The Kier molecular flexibility index (Phi) is 3.55. The minimum absolute atomic E-state index is 0.128. The van der Waals surface area contributed by atoms with Crippen LogP contribution in [0.4, 0.5) is 13.2 Å². The molecule has 13 heavy (non-hydrogen) atoms. The maximum atomic E-state index is 11.6. The van der Waals surface area contributed by atoms with Crippen molar-refractivity contribution in [3.8, 4) is 0 Å². The molecule has 1 aliphatic rings. The van der Waals surface area contributed by atoms with Gasteiger partial charge in [0.2, 0.25) is 0 Å². The second kappa shape index (κ2) is 4.28. The SMILES string of the molecule is CC1CC1NCCOCC(F)(F)F. The Balaban J connectivity index is 1.84. The van der Waals surface area contributed by atoms with E-state index in [0.717, 1.165) is 6.42 Å². The summed E-state index contributed by atoms with van der Waals surface area (Å²) < 4.78 is 39.1. The Bertz CT molecular complexity index is 160. The molecule has 0 heterocycles. The number of hydrogen-bond donors (Lipinski definition) is 1. The maximum Gasteiger partial charge on any atom is 0.411 e. The zero-order chi connectivity index (χ0) is 9.90. The van der Waals surface area contributed by atoms with E-state index in [1.165, 1.54) is 0 Å². The topological polar surface area (TPSA) is 21.3 Å². The number of rotatable bonds is 5. The molecule has 1 fully saturated rings. The van der Waals surface area contributed by atoms with Crippen molar-refractivity contribution in [2.75, 3.05) is 19.8 Å². The van der Waals surface area contributed by atoms with E-state index in [0.29, 0.717) is 18.5 Å². The Labute approximate surface area is 75.4 Å². The summed E-state index contributed by atoms with van der Waals surface area (Å²) in [6, 6.07) is 0.495. The summed E-state index contributed by atoms with van der Waals surface area (Å²) in [5.74, 6) is 0.669. The fraction of sp³-hybridized carbons (Fsp3) is 1.00. The third-order valence-electron chi connectivity index (χ3n) is 2.03. The summed E-state index contributed by atoms with van der Waals surface area (Å²) in [6.45, 7) is 1.59. The van der Waals surface area contributed by atoms with Crippen molar-refractivity contribution in [3.63, 3.8) is 0 Å². The van der Waals surface area contributed by atoms with Crippen molar-refractivity contribution in [2.45, 2.75) is 25.6 Å². The Morgan fingerprint density at radius 2 is 2.08 bits per heavy atom. The van der Waals surface area contributed by atoms with Gasteiger partial charge in [0.05, 0.1) is 6.61 Å². The van der Waals surface area contributed by atoms with Gasteiger partial charge in [0.15, 0.2) is 0 Å². The minimum atomic E-state index is -4.20. The van der Waals surface area contributed by atoms with Crippen LogP contribution in [0.3, 0.4) is 0 Å². The van der Waals surface area contributed by atoms with Crippen LogP contribution in [0.25, 0.3) is 0 Å². The number of ether oxygens (including phenoxy) is 1. The lowest BCUT2D eigenvalue weighted by Gasteiger charge is -2.07. The molecule has 0 amide bonds. The van der Waals surface area contributed by atoms with Crippen LogP contribution in [0.15, 0.2) is 0 Å². The van der Waals surface area contributed by atoms with E-state index in [9.17, 15) is 13.2 Å². The van der Waals surface area contributed by atoms with E-state index in [4.69, 9.17) is 0 Å². The lowest BCUT2D eigenvalue weighted by atomic mass is 10.5. The van der Waals surface area contributed by atoms with Gasteiger partial charge in [0, 0.05) is 12.6 Å². The predicted octanol–water partition coefficient (Wildman–Crippen LogP) is 1.56. The molecule has 5 heteroatoms. The molecular weight excluding hydrogens is 183 g/mol. The lowest BCUT2D eigenvalue weighted by Crippen LogP contribution is -2.25. The molecule has 0 aliphatic heterocycles. The van der Waals surface area contributed by atoms with Crippen LogP contribution in [0, 0.1) is 5.92 Å². The second-order valence-corrected chi connectivity index (χ2v) is 3.44. The van der Waals surface area contributed by atoms with Gasteiger partial charge in [-0.2, -0.15) is 13.2 Å². The number of halogens is 3. The molecule has 1 saturated carbocycles. The van der Waals surface area contributed by atoms with Crippen LogP contribution in [-0.2, 0) is 4.74 Å². The maximum absolute atomic E-state index is 11.6. The molecule has 0 radical (unpaired) electrons. The van der Waals surface area contributed by atoms with Gasteiger partial charge >= 0.3 is 6.18 Å². The first-order chi connectivity index (χ1) is 5.99. The molecule has 0 aromatic rings. The molecule has 0 bridgehead atoms. The first-order valence-electron chi connectivity index (χ1n) is 4.37. The largest absolute Gasteiger partial charge is 0.411 e. The molecule has 1 N–H and O–H groups in total. The predicted molar refractivity (Wildman–Crippen MR) is 42.4 cm³/mol. The van der Waals surface area contributed by atoms with Gasteiger partial charge < -0.3 is 10.1 Å². The van der Waals surface area contributed by atoms with E-state index in [2.05, 4.69) is 17.0 Å². The van der Waals surface area contributed by atoms with Gasteiger partial charge in [-0.25, -0.2) is 0 Å². The zero-order valence-corrected chi connectivity index (χ0v) is 7.53. The normalized spacial score (nSPS) is 27.7. The molecule has 2 atom stereocenters. The molecule has 2 nitrogen and oxygen atoms in total. The van der Waals surface area contributed by atoms with E-state index in [1.807, 2.05) is 0 Å². The van der Waals surface area contributed by atoms with Gasteiger partial charge in [0.1, 0.15) is 6.61 Å². The van der Waals surface area contributed by atoms with Gasteiger partial charge in [-0.1, -0.05) is 6.92 Å². The molecule has 78 valence electrons. The molecule has 0 aromatic heterocycles. The summed E-state index contributed by atoms with van der Waals surface area (Å²) in [7, 11) is 0. The highest BCUT2D eigenvalue weighted by Gasteiger charge is 2.31. The zero-order valence-electron chi connectivity index (χ0n) is 7.53. The average molecular weight is 197 g/mol. The van der Waals surface area contributed by atoms with Crippen LogP contribution in [-0.4, -0.2) is 32.0 Å². The van der Waals surface area contributed by atoms with Gasteiger partial charge in [-0.15, -0.1) is 0 Å². The number of hydrogen-bond acceptors (Lipinski definition) is 2. The fourth-order valence-corrected chi connectivity index (χ4v) is 1.11. The Hall–Kier alpha value is -0.290. The van der Waals surface area contributed by atoms with Crippen LogP contribution in [0.1, 0.15) is 13.3 Å². The van der Waals surface area contributed by atoms with E-state index < -0.39 is 12.8 Å². The van der Waals surface area contributed by atoms with Crippen LogP contribution < -0.4 is 5.32 Å². The molecular formula is C8H14F3NO. The van der Waals surface area contributed by atoms with Gasteiger partial charge in [-0.3, -0.25) is 0 Å². The average Bonchev–Trinajstić information content (AvgIpc) is 2.63. The van der Waals surface area contributed by atoms with Gasteiger partial charge in [-0.05, 0) is 12.3 Å². The molecule has 0 spiro atoms. The summed E-state index contributed by atoms with van der Waals surface area (Å²) in [5, 5.41) is 3.10. The minimum Gasteiger partial charge on any atom is -0.371 e. The summed E-state index contributed by atoms with van der Waals surface area (Å²) >= 11 is 0. The standard InChI is InChI=1S/C8H14F3NO/c1-6-4-7(6)12-2-3-13-5-8(9,10)11/h6-7,12H,2-5H2,1H3. The highest BCUT2D eigenvalue weighted by molar-refractivity contribution is 4.89. The summed E-state index contributed by atoms with van der Waals surface area (Å²) in [5.41, 5.74) is 0. The first-order valence-corrected chi connectivity index (χ1v) is 4.37. The Morgan fingerprint density at radius 3 is 2.54 bits per heavy atom. The highest BCUT2D eigenvalue weighted by Crippen LogP contribution is 2.28. The Morgan fingerprint density at radius 1 is 1.46 bits per heavy atom. The number of alkyl halides is 3. The molecule has 1 rings (SSSR count).